The minimum Gasteiger partial charge on any atom is -0.383 e. The van der Waals surface area contributed by atoms with Gasteiger partial charge in [-0.2, -0.15) is 18.3 Å². The number of pyridine rings is 1. The Labute approximate surface area is 171 Å². The van der Waals surface area contributed by atoms with E-state index in [1.807, 2.05) is 15.6 Å². The number of carbonyl (C=O) groups excluding carboxylic acids is 1. The number of urea groups is 1. The number of nitrogen functional groups attached to an aromatic ring is 1. The Kier molecular flexibility index (Phi) is 4.23. The molecule has 1 aliphatic carbocycles. The summed E-state index contributed by atoms with van der Waals surface area (Å²) in [5.74, 6) is -0.543. The molecular weight excluding hydrogens is 397 g/mol. The molecule has 2 fully saturated rings. The number of hydrogen-bond donors (Lipinski definition) is 2. The molecule has 3 N–H and O–H groups in total. The van der Waals surface area contributed by atoms with Crippen molar-refractivity contribution < 1.29 is 18.0 Å². The van der Waals surface area contributed by atoms with E-state index in [2.05, 4.69) is 15.4 Å². The van der Waals surface area contributed by atoms with E-state index in [1.54, 1.807) is 0 Å². The van der Waals surface area contributed by atoms with Gasteiger partial charge in [0.2, 0.25) is 0 Å². The molecule has 7 nitrogen and oxygen atoms in total. The van der Waals surface area contributed by atoms with Gasteiger partial charge in [-0.1, -0.05) is 0 Å². The zero-order valence-corrected chi connectivity index (χ0v) is 16.4. The van der Waals surface area contributed by atoms with Crippen molar-refractivity contribution in [3.8, 4) is 11.3 Å². The van der Waals surface area contributed by atoms with Crippen LogP contribution in [0, 0.1) is 0 Å². The second kappa shape index (κ2) is 6.61. The molecule has 1 saturated heterocycles. The third kappa shape index (κ3) is 3.09. The molecule has 5 rings (SSSR count). The Hall–Kier alpha value is -2.78. The van der Waals surface area contributed by atoms with Crippen LogP contribution in [0.5, 0.6) is 0 Å². The molecule has 1 spiro atoms. The molecule has 2 aromatic heterocycles. The van der Waals surface area contributed by atoms with Crippen molar-refractivity contribution in [2.24, 2.45) is 0 Å². The molecule has 10 heteroatoms. The smallest absolute Gasteiger partial charge is 0.383 e. The van der Waals surface area contributed by atoms with E-state index in [0.29, 0.717) is 25.3 Å². The zero-order chi connectivity index (χ0) is 21.1. The molecule has 2 amide bonds. The van der Waals surface area contributed by atoms with Gasteiger partial charge in [0.15, 0.2) is 0 Å². The molecular formula is C20H23F3N6O. The number of likely N-dealkylation sites (tertiary alicyclic amines) is 1. The molecule has 0 radical (unpaired) electrons. The highest BCUT2D eigenvalue weighted by Gasteiger charge is 2.47. The van der Waals surface area contributed by atoms with Crippen LogP contribution < -0.4 is 11.1 Å². The van der Waals surface area contributed by atoms with Gasteiger partial charge in [-0.05, 0) is 44.2 Å². The van der Waals surface area contributed by atoms with Gasteiger partial charge in [0.1, 0.15) is 5.82 Å². The lowest BCUT2D eigenvalue weighted by Gasteiger charge is -2.30. The Bertz CT molecular complexity index is 999. The van der Waals surface area contributed by atoms with Crippen LogP contribution in [0.1, 0.15) is 43.4 Å². The SMILES string of the molecule is Nc1ncc(-c2cc3n(n2)CC[C@@]32CCN(C(=O)NC3CCC3)C2)cc1C(F)(F)F. The van der Waals surface area contributed by atoms with Crippen molar-refractivity contribution in [3.63, 3.8) is 0 Å². The highest BCUT2D eigenvalue weighted by Crippen LogP contribution is 2.44. The number of carbonyl (C=O) groups is 1. The van der Waals surface area contributed by atoms with Gasteiger partial charge in [0.25, 0.3) is 0 Å². The third-order valence-corrected chi connectivity index (χ3v) is 6.72. The normalized spacial score (nSPS) is 23.6. The first-order chi connectivity index (χ1) is 14.2. The van der Waals surface area contributed by atoms with Gasteiger partial charge >= 0.3 is 12.2 Å². The molecule has 0 bridgehead atoms. The Morgan fingerprint density at radius 1 is 1.23 bits per heavy atom. The molecule has 0 aromatic carbocycles. The van der Waals surface area contributed by atoms with E-state index < -0.39 is 17.6 Å². The average molecular weight is 420 g/mol. The van der Waals surface area contributed by atoms with Crippen LogP contribution in [-0.2, 0) is 18.1 Å². The summed E-state index contributed by atoms with van der Waals surface area (Å²) >= 11 is 0. The van der Waals surface area contributed by atoms with Crippen molar-refractivity contribution >= 4 is 11.8 Å². The predicted molar refractivity (Wildman–Crippen MR) is 104 cm³/mol. The molecule has 2 aliphatic heterocycles. The predicted octanol–water partition coefficient (Wildman–Crippen LogP) is 3.16. The summed E-state index contributed by atoms with van der Waals surface area (Å²) in [6.07, 6.45) is 1.68. The Morgan fingerprint density at radius 3 is 2.70 bits per heavy atom. The second-order valence-electron chi connectivity index (χ2n) is 8.57. The molecule has 160 valence electrons. The van der Waals surface area contributed by atoms with Crippen molar-refractivity contribution in [3.05, 3.63) is 29.6 Å². The maximum absolute atomic E-state index is 13.2. The number of halogens is 3. The summed E-state index contributed by atoms with van der Waals surface area (Å²) in [5, 5.41) is 7.61. The van der Waals surface area contributed by atoms with Crippen molar-refractivity contribution in [2.75, 3.05) is 18.8 Å². The van der Waals surface area contributed by atoms with Gasteiger partial charge in [0, 0.05) is 48.5 Å². The lowest BCUT2D eigenvalue weighted by atomic mass is 9.82. The first-order valence-corrected chi connectivity index (χ1v) is 10.2. The quantitative estimate of drug-likeness (QED) is 0.781. The number of hydrogen-bond acceptors (Lipinski definition) is 4. The number of alkyl halides is 3. The number of anilines is 1. The lowest BCUT2D eigenvalue weighted by Crippen LogP contribution is -2.47. The van der Waals surface area contributed by atoms with Crippen LogP contribution in [0.15, 0.2) is 18.3 Å². The summed E-state index contributed by atoms with van der Waals surface area (Å²) in [6.45, 7) is 1.95. The molecule has 1 saturated carbocycles. The first kappa shape index (κ1) is 19.2. The molecule has 0 unspecified atom stereocenters. The summed E-state index contributed by atoms with van der Waals surface area (Å²) in [5.41, 5.74) is 5.96. The van der Waals surface area contributed by atoms with Gasteiger partial charge in [0.05, 0.1) is 11.3 Å². The van der Waals surface area contributed by atoms with E-state index >= 15 is 0 Å². The van der Waals surface area contributed by atoms with Crippen LogP contribution in [-0.4, -0.2) is 44.8 Å². The van der Waals surface area contributed by atoms with Gasteiger partial charge in [-0.3, -0.25) is 4.68 Å². The number of nitrogens with one attached hydrogen (secondary N) is 1. The largest absolute Gasteiger partial charge is 0.419 e. The fourth-order valence-corrected chi connectivity index (χ4v) is 4.72. The number of rotatable bonds is 2. The monoisotopic (exact) mass is 420 g/mol. The zero-order valence-electron chi connectivity index (χ0n) is 16.4. The summed E-state index contributed by atoms with van der Waals surface area (Å²) in [4.78, 5) is 18.1. The minimum atomic E-state index is -4.57. The first-order valence-electron chi connectivity index (χ1n) is 10.2. The topological polar surface area (TPSA) is 89.1 Å². The van der Waals surface area contributed by atoms with Crippen molar-refractivity contribution in [1.29, 1.82) is 0 Å². The minimum absolute atomic E-state index is 0.0210. The molecule has 4 heterocycles. The Morgan fingerprint density at radius 2 is 2.00 bits per heavy atom. The standard InChI is InChI=1S/C20H23F3N6O/c21-20(22,23)14-8-12(10-25-17(14)24)15-9-16-19(5-7-29(16)27-15)4-6-28(11-19)18(30)26-13-2-1-3-13/h8-10,13H,1-7,11H2,(H2,24,25)(H,26,30)/t19-/m1/s1. The van der Waals surface area contributed by atoms with E-state index in [9.17, 15) is 18.0 Å². The van der Waals surface area contributed by atoms with Gasteiger partial charge in [-0.15, -0.1) is 0 Å². The molecule has 2 aromatic rings. The van der Waals surface area contributed by atoms with Crippen LogP contribution >= 0.6 is 0 Å². The van der Waals surface area contributed by atoms with Gasteiger partial charge < -0.3 is 16.0 Å². The van der Waals surface area contributed by atoms with Crippen LogP contribution in [0.4, 0.5) is 23.8 Å². The van der Waals surface area contributed by atoms with E-state index in [-0.39, 0.29) is 23.1 Å². The fraction of sp³-hybridized carbons (Fsp3) is 0.550. The maximum Gasteiger partial charge on any atom is 0.419 e. The lowest BCUT2D eigenvalue weighted by molar-refractivity contribution is -0.137. The highest BCUT2D eigenvalue weighted by molar-refractivity contribution is 5.75. The highest BCUT2D eigenvalue weighted by atomic mass is 19.4. The van der Waals surface area contributed by atoms with Crippen molar-refractivity contribution in [2.45, 2.75) is 56.3 Å². The van der Waals surface area contributed by atoms with Crippen LogP contribution in [0.2, 0.25) is 0 Å². The average Bonchev–Trinajstić information content (AvgIpc) is 3.35. The number of nitrogens with two attached hydrogens (primary N) is 1. The van der Waals surface area contributed by atoms with Crippen LogP contribution in [0.25, 0.3) is 11.3 Å². The van der Waals surface area contributed by atoms with E-state index in [4.69, 9.17) is 5.73 Å². The molecule has 30 heavy (non-hydrogen) atoms. The van der Waals surface area contributed by atoms with E-state index in [1.165, 1.54) is 6.20 Å². The summed E-state index contributed by atoms with van der Waals surface area (Å²) < 4.78 is 41.4. The number of nitrogens with zero attached hydrogens (tertiary/aromatic N) is 4. The number of aromatic nitrogens is 3. The number of aryl methyl sites for hydroxylation is 1. The third-order valence-electron chi connectivity index (χ3n) is 6.72. The van der Waals surface area contributed by atoms with Gasteiger partial charge in [-0.25, -0.2) is 9.78 Å². The van der Waals surface area contributed by atoms with E-state index in [0.717, 1.165) is 43.9 Å². The number of amides is 2. The fourth-order valence-electron chi connectivity index (χ4n) is 4.72. The molecule has 3 aliphatic rings. The maximum atomic E-state index is 13.2. The van der Waals surface area contributed by atoms with Crippen LogP contribution in [0.3, 0.4) is 0 Å². The summed E-state index contributed by atoms with van der Waals surface area (Å²) in [6, 6.07) is 3.11. The summed E-state index contributed by atoms with van der Waals surface area (Å²) in [7, 11) is 0. The number of fused-ring (bicyclic) bond motifs is 2. The Balaban J connectivity index is 1.39. The molecule has 1 atom stereocenters. The second-order valence-corrected chi connectivity index (χ2v) is 8.57. The van der Waals surface area contributed by atoms with Crippen molar-refractivity contribution in [1.82, 2.24) is 25.0 Å².